The summed E-state index contributed by atoms with van der Waals surface area (Å²) in [7, 11) is -2.67. The lowest BCUT2D eigenvalue weighted by atomic mass is 10.1. The van der Waals surface area contributed by atoms with E-state index in [9.17, 15) is 18.0 Å². The number of nitrogens with zero attached hydrogens (tertiary/aromatic N) is 2. The lowest BCUT2D eigenvalue weighted by Gasteiger charge is -2.34. The van der Waals surface area contributed by atoms with E-state index in [0.29, 0.717) is 22.8 Å². The molecule has 1 aliphatic carbocycles. The summed E-state index contributed by atoms with van der Waals surface area (Å²) < 4.78 is 34.2. The van der Waals surface area contributed by atoms with Crippen LogP contribution in [0.25, 0.3) is 0 Å². The van der Waals surface area contributed by atoms with Crippen LogP contribution >= 0.6 is 11.6 Å². The molecule has 0 aliphatic heterocycles. The van der Waals surface area contributed by atoms with Crippen molar-refractivity contribution in [1.82, 2.24) is 10.2 Å². The second kappa shape index (κ2) is 13.9. The second-order valence-electron chi connectivity index (χ2n) is 10.1. The van der Waals surface area contributed by atoms with E-state index in [2.05, 4.69) is 5.32 Å². The summed E-state index contributed by atoms with van der Waals surface area (Å²) in [6, 6.07) is 20.9. The van der Waals surface area contributed by atoms with Gasteiger partial charge in [-0.05, 0) is 55.2 Å². The zero-order valence-electron chi connectivity index (χ0n) is 23.3. The number of benzene rings is 3. The zero-order valence-corrected chi connectivity index (χ0v) is 24.9. The molecule has 0 saturated heterocycles. The number of methoxy groups -OCH3 is 1. The number of nitrogens with one attached hydrogen (secondary N) is 1. The highest BCUT2D eigenvalue weighted by Crippen LogP contribution is 2.28. The Labute approximate surface area is 247 Å². The fourth-order valence-electron chi connectivity index (χ4n) is 5.11. The lowest BCUT2D eigenvalue weighted by molar-refractivity contribution is -0.140. The van der Waals surface area contributed by atoms with Gasteiger partial charge in [0.05, 0.1) is 17.7 Å². The largest absolute Gasteiger partial charge is 0.497 e. The van der Waals surface area contributed by atoms with Gasteiger partial charge in [0.15, 0.2) is 0 Å². The minimum absolute atomic E-state index is 0.0410. The van der Waals surface area contributed by atoms with Crippen molar-refractivity contribution in [3.63, 3.8) is 0 Å². The number of carbonyl (C=O) groups excluding carboxylic acids is 2. The number of anilines is 1. The molecule has 1 aliphatic rings. The first-order chi connectivity index (χ1) is 19.7. The molecule has 2 amide bonds. The van der Waals surface area contributed by atoms with Gasteiger partial charge in [0, 0.05) is 23.7 Å². The van der Waals surface area contributed by atoms with Gasteiger partial charge in [-0.25, -0.2) is 8.42 Å². The van der Waals surface area contributed by atoms with Crippen molar-refractivity contribution in [3.8, 4) is 5.75 Å². The number of ether oxygens (including phenoxy) is 1. The molecule has 0 bridgehead atoms. The van der Waals surface area contributed by atoms with Crippen LogP contribution in [0.3, 0.4) is 0 Å². The predicted molar refractivity (Wildman–Crippen MR) is 160 cm³/mol. The van der Waals surface area contributed by atoms with E-state index in [-0.39, 0.29) is 29.1 Å². The maximum Gasteiger partial charge on any atom is 0.264 e. The van der Waals surface area contributed by atoms with Gasteiger partial charge in [0.25, 0.3) is 10.0 Å². The standard InChI is InChI=1S/C31H36ClN3O5S/c1-3-29(31(37)33-24-13-8-9-14-24)34(21-23-12-7-10-19-28(23)32)30(36)22-35(25-15-11-16-26(20-25)40-2)41(38,39)27-17-5-4-6-18-27/h4-7,10-12,15-20,24,29H,3,8-9,13-14,21-22H2,1-2H3,(H,33,37)/t29-/m1/s1. The number of rotatable bonds is 12. The summed E-state index contributed by atoms with van der Waals surface area (Å²) in [5, 5.41) is 3.56. The minimum Gasteiger partial charge on any atom is -0.497 e. The highest BCUT2D eigenvalue weighted by molar-refractivity contribution is 7.92. The molecular weight excluding hydrogens is 562 g/mol. The Morgan fingerprint density at radius 3 is 2.34 bits per heavy atom. The third-order valence-electron chi connectivity index (χ3n) is 7.34. The van der Waals surface area contributed by atoms with Gasteiger partial charge in [0.2, 0.25) is 11.8 Å². The van der Waals surface area contributed by atoms with E-state index in [0.717, 1.165) is 30.0 Å². The average Bonchev–Trinajstić information content (AvgIpc) is 3.50. The van der Waals surface area contributed by atoms with Gasteiger partial charge >= 0.3 is 0 Å². The van der Waals surface area contributed by atoms with E-state index in [1.165, 1.54) is 24.1 Å². The van der Waals surface area contributed by atoms with E-state index in [1.807, 2.05) is 13.0 Å². The maximum absolute atomic E-state index is 14.2. The molecule has 0 spiro atoms. The molecule has 0 heterocycles. The molecule has 1 atom stereocenters. The molecule has 4 rings (SSSR count). The van der Waals surface area contributed by atoms with Crippen LogP contribution in [0.2, 0.25) is 5.02 Å². The molecule has 3 aromatic carbocycles. The molecule has 0 unspecified atom stereocenters. The SMILES string of the molecule is CC[C@H](C(=O)NC1CCCC1)N(Cc1ccccc1Cl)C(=O)CN(c1cccc(OC)c1)S(=O)(=O)c1ccccc1. The van der Waals surface area contributed by atoms with Gasteiger partial charge in [-0.1, -0.05) is 73.8 Å². The van der Waals surface area contributed by atoms with Gasteiger partial charge in [-0.2, -0.15) is 0 Å². The Hall–Kier alpha value is -3.56. The Kier molecular flexibility index (Phi) is 10.3. The topological polar surface area (TPSA) is 96.0 Å². The molecule has 3 aromatic rings. The van der Waals surface area contributed by atoms with Gasteiger partial charge in [-0.3, -0.25) is 13.9 Å². The Balaban J connectivity index is 1.73. The summed E-state index contributed by atoms with van der Waals surface area (Å²) in [5.41, 5.74) is 0.927. The minimum atomic E-state index is -4.16. The zero-order chi connectivity index (χ0) is 29.4. The van der Waals surface area contributed by atoms with Gasteiger partial charge in [0.1, 0.15) is 18.3 Å². The number of hydrogen-bond donors (Lipinski definition) is 1. The van der Waals surface area contributed by atoms with Crippen LogP contribution in [0.15, 0.2) is 83.8 Å². The van der Waals surface area contributed by atoms with Crippen molar-refractivity contribution in [2.75, 3.05) is 18.0 Å². The van der Waals surface area contributed by atoms with E-state index < -0.39 is 28.5 Å². The smallest absolute Gasteiger partial charge is 0.264 e. The van der Waals surface area contributed by atoms with Crippen LogP contribution in [-0.2, 0) is 26.2 Å². The highest BCUT2D eigenvalue weighted by Gasteiger charge is 2.34. The van der Waals surface area contributed by atoms with Crippen molar-refractivity contribution >= 4 is 39.1 Å². The van der Waals surface area contributed by atoms with Crippen molar-refractivity contribution in [2.45, 2.75) is 62.6 Å². The number of carbonyl (C=O) groups is 2. The van der Waals surface area contributed by atoms with Crippen LogP contribution in [0.1, 0.15) is 44.6 Å². The molecule has 218 valence electrons. The molecule has 10 heteroatoms. The van der Waals surface area contributed by atoms with Gasteiger partial charge in [-0.15, -0.1) is 0 Å². The number of sulfonamides is 1. The fourth-order valence-corrected chi connectivity index (χ4v) is 6.73. The predicted octanol–water partition coefficient (Wildman–Crippen LogP) is 5.41. The first kappa shape index (κ1) is 30.4. The molecule has 1 saturated carbocycles. The number of halogens is 1. The Morgan fingerprint density at radius 1 is 1.00 bits per heavy atom. The van der Waals surface area contributed by atoms with Crippen molar-refractivity contribution < 1.29 is 22.7 Å². The fraction of sp³-hybridized carbons (Fsp3) is 0.355. The maximum atomic E-state index is 14.2. The first-order valence-electron chi connectivity index (χ1n) is 13.8. The van der Waals surface area contributed by atoms with Crippen LogP contribution in [-0.4, -0.2) is 50.9 Å². The summed E-state index contributed by atoms with van der Waals surface area (Å²) in [6.07, 6.45) is 4.26. The molecule has 0 radical (unpaired) electrons. The van der Waals surface area contributed by atoms with E-state index in [4.69, 9.17) is 16.3 Å². The molecule has 41 heavy (non-hydrogen) atoms. The molecule has 8 nitrogen and oxygen atoms in total. The monoisotopic (exact) mass is 597 g/mol. The summed E-state index contributed by atoms with van der Waals surface area (Å²) in [4.78, 5) is 29.2. The summed E-state index contributed by atoms with van der Waals surface area (Å²) in [6.45, 7) is 1.36. The summed E-state index contributed by atoms with van der Waals surface area (Å²) >= 11 is 6.47. The average molecular weight is 598 g/mol. The number of hydrogen-bond acceptors (Lipinski definition) is 5. The third kappa shape index (κ3) is 7.40. The quantitative estimate of drug-likeness (QED) is 0.301. The van der Waals surface area contributed by atoms with Crippen molar-refractivity contribution in [2.24, 2.45) is 0 Å². The van der Waals surface area contributed by atoms with Crippen molar-refractivity contribution in [3.05, 3.63) is 89.4 Å². The van der Waals surface area contributed by atoms with E-state index in [1.54, 1.807) is 60.7 Å². The van der Waals surface area contributed by atoms with E-state index >= 15 is 0 Å². The van der Waals surface area contributed by atoms with Crippen molar-refractivity contribution in [1.29, 1.82) is 0 Å². The third-order valence-corrected chi connectivity index (χ3v) is 9.49. The molecule has 1 fully saturated rings. The van der Waals surface area contributed by atoms with Crippen LogP contribution in [0, 0.1) is 0 Å². The van der Waals surface area contributed by atoms with Crippen LogP contribution in [0.4, 0.5) is 5.69 Å². The second-order valence-corrected chi connectivity index (χ2v) is 12.3. The molecule has 1 N–H and O–H groups in total. The van der Waals surface area contributed by atoms with Gasteiger partial charge < -0.3 is 15.0 Å². The van der Waals surface area contributed by atoms with Crippen LogP contribution < -0.4 is 14.4 Å². The molecular formula is C31H36ClN3O5S. The first-order valence-corrected chi connectivity index (χ1v) is 15.6. The normalized spacial score (nSPS) is 14.3. The Bertz CT molecular complexity index is 1440. The lowest BCUT2D eigenvalue weighted by Crippen LogP contribution is -2.53. The summed E-state index contributed by atoms with van der Waals surface area (Å²) in [5.74, 6) is -0.335. The number of amides is 2. The van der Waals surface area contributed by atoms with Crippen LogP contribution in [0.5, 0.6) is 5.75 Å². The Morgan fingerprint density at radius 2 is 1.68 bits per heavy atom. The highest BCUT2D eigenvalue weighted by atomic mass is 35.5. The molecule has 0 aromatic heterocycles.